The van der Waals surface area contributed by atoms with Gasteiger partial charge in [-0.3, -0.25) is 0 Å². The van der Waals surface area contributed by atoms with Gasteiger partial charge in [-0.25, -0.2) is 0 Å². The molecule has 0 N–H and O–H groups in total. The molecule has 2 rings (SSSR count). The molecule has 0 aliphatic heterocycles. The first-order valence-corrected chi connectivity index (χ1v) is 5.50. The van der Waals surface area contributed by atoms with Crippen LogP contribution >= 0.6 is 0 Å². The third-order valence-electron chi connectivity index (χ3n) is 2.66. The van der Waals surface area contributed by atoms with Gasteiger partial charge in [-0.15, -0.1) is 0 Å². The van der Waals surface area contributed by atoms with E-state index in [1.54, 1.807) is 7.11 Å². The van der Waals surface area contributed by atoms with Gasteiger partial charge in [-0.05, 0) is 18.9 Å². The Morgan fingerprint density at radius 3 is 3.00 bits per heavy atom. The summed E-state index contributed by atoms with van der Waals surface area (Å²) in [7, 11) is 1.61. The molecule has 84 valence electrons. The van der Waals surface area contributed by atoms with Gasteiger partial charge in [0.2, 0.25) is 5.88 Å². The van der Waals surface area contributed by atoms with Crippen LogP contribution < -0.4 is 9.64 Å². The van der Waals surface area contributed by atoms with Crippen LogP contribution in [0, 0.1) is 11.3 Å². The van der Waals surface area contributed by atoms with Crippen LogP contribution in [0.5, 0.6) is 5.88 Å². The number of nitriles is 1. The summed E-state index contributed by atoms with van der Waals surface area (Å²) in [6.45, 7) is 0.751. The zero-order valence-electron chi connectivity index (χ0n) is 9.39. The molecule has 0 unspecified atom stereocenters. The van der Waals surface area contributed by atoms with E-state index in [9.17, 15) is 0 Å². The van der Waals surface area contributed by atoms with Gasteiger partial charge < -0.3 is 9.64 Å². The number of anilines is 1. The Bertz CT molecular complexity index is 395. The normalized spacial score (nSPS) is 14.2. The summed E-state index contributed by atoms with van der Waals surface area (Å²) < 4.78 is 5.11. The fourth-order valence-corrected chi connectivity index (χ4v) is 1.72. The minimum absolute atomic E-state index is 0.537. The van der Waals surface area contributed by atoms with Gasteiger partial charge in [-0.2, -0.15) is 10.2 Å². The molecule has 0 saturated heterocycles. The van der Waals surface area contributed by atoms with E-state index in [1.807, 2.05) is 18.2 Å². The monoisotopic (exact) mass is 217 g/mol. The van der Waals surface area contributed by atoms with Crippen LogP contribution in [0.25, 0.3) is 0 Å². The number of hydrogen-bond donors (Lipinski definition) is 0. The fraction of sp³-hybridized carbons (Fsp3) is 0.500. The number of aromatic nitrogens is 1. The molecule has 4 nitrogen and oxygen atoms in total. The molecule has 0 radical (unpaired) electrons. The predicted molar refractivity (Wildman–Crippen MR) is 61.4 cm³/mol. The van der Waals surface area contributed by atoms with Crippen LogP contribution in [0.4, 0.5) is 5.82 Å². The van der Waals surface area contributed by atoms with Crippen molar-refractivity contribution in [2.45, 2.75) is 25.3 Å². The lowest BCUT2D eigenvalue weighted by Gasteiger charge is -2.22. The van der Waals surface area contributed by atoms with Gasteiger partial charge in [0.05, 0.1) is 19.6 Å². The maximum atomic E-state index is 8.64. The first-order chi connectivity index (χ1) is 7.85. The number of ether oxygens (including phenoxy) is 1. The number of methoxy groups -OCH3 is 1. The number of pyridine rings is 1. The van der Waals surface area contributed by atoms with Crippen molar-refractivity contribution < 1.29 is 4.74 Å². The molecule has 0 aromatic carbocycles. The molecular weight excluding hydrogens is 202 g/mol. The van der Waals surface area contributed by atoms with Crippen LogP contribution in [0.15, 0.2) is 18.2 Å². The first kappa shape index (κ1) is 10.7. The standard InChI is InChI=1S/C12H15N3O/c1-16-12-5-2-4-11(14-12)15(9-3-8-13)10-6-7-10/h2,4-5,10H,3,6-7,9H2,1H3. The number of nitrogens with zero attached hydrogens (tertiary/aromatic N) is 3. The topological polar surface area (TPSA) is 49.1 Å². The summed E-state index contributed by atoms with van der Waals surface area (Å²) in [5, 5.41) is 8.64. The van der Waals surface area contributed by atoms with Crippen LogP contribution in [0.3, 0.4) is 0 Å². The minimum atomic E-state index is 0.537. The van der Waals surface area contributed by atoms with Crippen LogP contribution in [0.1, 0.15) is 19.3 Å². The molecule has 1 fully saturated rings. The Hall–Kier alpha value is -1.76. The molecule has 0 bridgehead atoms. The molecule has 1 aromatic rings. The largest absolute Gasteiger partial charge is 0.481 e. The summed E-state index contributed by atoms with van der Waals surface area (Å²) in [5.74, 6) is 1.54. The van der Waals surface area contributed by atoms with Gasteiger partial charge in [0.25, 0.3) is 0 Å². The summed E-state index contributed by atoms with van der Waals surface area (Å²) in [6.07, 6.45) is 2.93. The molecular formula is C12H15N3O. The highest BCUT2D eigenvalue weighted by molar-refractivity contribution is 5.43. The lowest BCUT2D eigenvalue weighted by Crippen LogP contribution is -2.27. The molecule has 16 heavy (non-hydrogen) atoms. The summed E-state index contributed by atoms with van der Waals surface area (Å²) >= 11 is 0. The van der Waals surface area contributed by atoms with Gasteiger partial charge in [0.1, 0.15) is 5.82 Å². The zero-order valence-corrected chi connectivity index (χ0v) is 9.39. The minimum Gasteiger partial charge on any atom is -0.481 e. The molecule has 1 saturated carbocycles. The van der Waals surface area contributed by atoms with Crippen molar-refractivity contribution in [1.29, 1.82) is 5.26 Å². The number of hydrogen-bond acceptors (Lipinski definition) is 4. The van der Waals surface area contributed by atoms with E-state index in [0.717, 1.165) is 12.4 Å². The van der Waals surface area contributed by atoms with Crippen molar-refractivity contribution in [3.05, 3.63) is 18.2 Å². The smallest absolute Gasteiger partial charge is 0.214 e. The van der Waals surface area contributed by atoms with Gasteiger partial charge >= 0.3 is 0 Å². The van der Waals surface area contributed by atoms with Crippen molar-refractivity contribution in [2.75, 3.05) is 18.6 Å². The Labute approximate surface area is 95.5 Å². The second-order valence-electron chi connectivity index (χ2n) is 3.87. The number of rotatable bonds is 5. The van der Waals surface area contributed by atoms with Crippen LogP contribution in [0.2, 0.25) is 0 Å². The Morgan fingerprint density at radius 2 is 2.38 bits per heavy atom. The third-order valence-corrected chi connectivity index (χ3v) is 2.66. The third kappa shape index (κ3) is 2.43. The predicted octanol–water partition coefficient (Wildman–Crippen LogP) is 1.97. The van der Waals surface area contributed by atoms with E-state index < -0.39 is 0 Å². The molecule has 0 spiro atoms. The van der Waals surface area contributed by atoms with Gasteiger partial charge in [-0.1, -0.05) is 6.07 Å². The Kier molecular flexibility index (Phi) is 3.25. The maximum absolute atomic E-state index is 8.64. The van der Waals surface area contributed by atoms with Gasteiger partial charge in [0, 0.05) is 18.7 Å². The highest BCUT2D eigenvalue weighted by atomic mass is 16.5. The summed E-state index contributed by atoms with van der Waals surface area (Å²) in [6, 6.07) is 8.48. The highest BCUT2D eigenvalue weighted by Crippen LogP contribution is 2.31. The van der Waals surface area contributed by atoms with Crippen molar-refractivity contribution in [1.82, 2.24) is 4.98 Å². The quantitative estimate of drug-likeness (QED) is 0.756. The SMILES string of the molecule is COc1cccc(N(CCC#N)C2CC2)n1. The first-order valence-electron chi connectivity index (χ1n) is 5.50. The van der Waals surface area contributed by atoms with Crippen LogP contribution in [-0.2, 0) is 0 Å². The lowest BCUT2D eigenvalue weighted by atomic mass is 10.3. The fourth-order valence-electron chi connectivity index (χ4n) is 1.72. The van der Waals surface area contributed by atoms with Crippen molar-refractivity contribution in [3.63, 3.8) is 0 Å². The maximum Gasteiger partial charge on any atom is 0.214 e. The second-order valence-corrected chi connectivity index (χ2v) is 3.87. The molecule has 0 amide bonds. The van der Waals surface area contributed by atoms with E-state index in [2.05, 4.69) is 16.0 Å². The molecule has 1 heterocycles. The van der Waals surface area contributed by atoms with E-state index >= 15 is 0 Å². The van der Waals surface area contributed by atoms with E-state index in [-0.39, 0.29) is 0 Å². The average Bonchev–Trinajstić information content (AvgIpc) is 3.14. The molecule has 1 aliphatic carbocycles. The molecule has 4 heteroatoms. The zero-order chi connectivity index (χ0) is 11.4. The molecule has 0 atom stereocenters. The van der Waals surface area contributed by atoms with E-state index in [1.165, 1.54) is 12.8 Å². The average molecular weight is 217 g/mol. The van der Waals surface area contributed by atoms with Crippen LogP contribution in [-0.4, -0.2) is 24.7 Å². The Morgan fingerprint density at radius 1 is 1.56 bits per heavy atom. The second kappa shape index (κ2) is 4.84. The summed E-state index contributed by atoms with van der Waals surface area (Å²) in [5.41, 5.74) is 0. The van der Waals surface area contributed by atoms with E-state index in [0.29, 0.717) is 18.3 Å². The van der Waals surface area contributed by atoms with Gasteiger partial charge in [0.15, 0.2) is 0 Å². The summed E-state index contributed by atoms with van der Waals surface area (Å²) in [4.78, 5) is 6.60. The molecule has 1 aromatic heterocycles. The van der Waals surface area contributed by atoms with Crippen molar-refractivity contribution >= 4 is 5.82 Å². The lowest BCUT2D eigenvalue weighted by molar-refractivity contribution is 0.398. The highest BCUT2D eigenvalue weighted by Gasteiger charge is 2.29. The molecule has 1 aliphatic rings. The Balaban J connectivity index is 2.14. The van der Waals surface area contributed by atoms with Crippen molar-refractivity contribution in [2.24, 2.45) is 0 Å². The van der Waals surface area contributed by atoms with Crippen molar-refractivity contribution in [3.8, 4) is 11.9 Å². The van der Waals surface area contributed by atoms with E-state index in [4.69, 9.17) is 10.00 Å².